The van der Waals surface area contributed by atoms with Crippen molar-refractivity contribution in [3.8, 4) is 0 Å². The van der Waals surface area contributed by atoms with Gasteiger partial charge in [0.25, 0.3) is 0 Å². The number of nitrogens with one attached hydrogen (secondary N) is 2. The number of carbonyl (C=O) groups is 1. The first-order chi connectivity index (χ1) is 7.65. The molecule has 5 nitrogen and oxygen atoms in total. The summed E-state index contributed by atoms with van der Waals surface area (Å²) in [5.74, 6) is 0.163. The van der Waals surface area contributed by atoms with E-state index in [4.69, 9.17) is 0 Å². The van der Waals surface area contributed by atoms with Gasteiger partial charge in [-0.25, -0.2) is 0 Å². The Hall–Kier alpha value is -1.36. The zero-order valence-corrected chi connectivity index (χ0v) is 9.79. The molecule has 1 aromatic rings. The second-order valence-corrected chi connectivity index (χ2v) is 4.33. The van der Waals surface area contributed by atoms with E-state index in [0.29, 0.717) is 12.5 Å². The minimum atomic E-state index is 0.163. The monoisotopic (exact) mass is 222 g/mol. The average Bonchev–Trinajstić information content (AvgIpc) is 2.57. The maximum Gasteiger partial charge on any atom is 0.220 e. The van der Waals surface area contributed by atoms with Crippen LogP contribution >= 0.6 is 0 Å². The first-order valence-electron chi connectivity index (χ1n) is 5.64. The second-order valence-electron chi connectivity index (χ2n) is 4.33. The van der Waals surface area contributed by atoms with Crippen molar-refractivity contribution in [1.29, 1.82) is 0 Å². The molecule has 1 aliphatic heterocycles. The Kier molecular flexibility index (Phi) is 3.24. The number of hydrogen-bond acceptors (Lipinski definition) is 3. The smallest absolute Gasteiger partial charge is 0.220 e. The highest BCUT2D eigenvalue weighted by Gasteiger charge is 2.17. The first kappa shape index (κ1) is 11.1. The molecule has 0 bridgehead atoms. The molecule has 16 heavy (non-hydrogen) atoms. The third-order valence-electron chi connectivity index (χ3n) is 2.96. The Morgan fingerprint density at radius 2 is 2.50 bits per heavy atom. The van der Waals surface area contributed by atoms with E-state index in [9.17, 15) is 4.79 Å². The van der Waals surface area contributed by atoms with Crippen LogP contribution in [0.3, 0.4) is 0 Å². The summed E-state index contributed by atoms with van der Waals surface area (Å²) in [6.45, 7) is 3.57. The topological polar surface area (TPSA) is 59.0 Å². The SMILES string of the molecule is Cc1nn(C)cc1CNC1CCC(=O)NC1. The van der Waals surface area contributed by atoms with Gasteiger partial charge in [0.15, 0.2) is 0 Å². The molecular weight excluding hydrogens is 204 g/mol. The molecule has 5 heteroatoms. The first-order valence-corrected chi connectivity index (χ1v) is 5.64. The second kappa shape index (κ2) is 4.65. The summed E-state index contributed by atoms with van der Waals surface area (Å²) in [6.07, 6.45) is 3.58. The fraction of sp³-hybridized carbons (Fsp3) is 0.636. The summed E-state index contributed by atoms with van der Waals surface area (Å²) in [5, 5.41) is 10.6. The van der Waals surface area contributed by atoms with E-state index >= 15 is 0 Å². The normalized spacial score (nSPS) is 20.9. The van der Waals surface area contributed by atoms with Gasteiger partial charge >= 0.3 is 0 Å². The van der Waals surface area contributed by atoms with Gasteiger partial charge in [-0.3, -0.25) is 9.48 Å². The molecule has 1 atom stereocenters. The van der Waals surface area contributed by atoms with Crippen LogP contribution in [0.5, 0.6) is 0 Å². The highest BCUT2D eigenvalue weighted by Crippen LogP contribution is 2.07. The number of piperidine rings is 1. The number of amides is 1. The fourth-order valence-corrected chi connectivity index (χ4v) is 1.98. The lowest BCUT2D eigenvalue weighted by Gasteiger charge is -2.23. The van der Waals surface area contributed by atoms with Gasteiger partial charge in [0, 0.05) is 44.4 Å². The van der Waals surface area contributed by atoms with E-state index in [1.807, 2.05) is 24.9 Å². The van der Waals surface area contributed by atoms with Crippen molar-refractivity contribution in [3.63, 3.8) is 0 Å². The number of aromatic nitrogens is 2. The van der Waals surface area contributed by atoms with Crippen LogP contribution in [0.2, 0.25) is 0 Å². The van der Waals surface area contributed by atoms with Gasteiger partial charge in [-0.1, -0.05) is 0 Å². The molecule has 1 amide bonds. The van der Waals surface area contributed by atoms with E-state index in [1.165, 1.54) is 5.56 Å². The number of rotatable bonds is 3. The molecule has 0 spiro atoms. The van der Waals surface area contributed by atoms with Crippen molar-refractivity contribution in [2.75, 3.05) is 6.54 Å². The predicted molar refractivity (Wildman–Crippen MR) is 60.8 cm³/mol. The van der Waals surface area contributed by atoms with Gasteiger partial charge in [0.2, 0.25) is 5.91 Å². The van der Waals surface area contributed by atoms with Gasteiger partial charge in [-0.05, 0) is 13.3 Å². The van der Waals surface area contributed by atoms with Crippen molar-refractivity contribution < 1.29 is 4.79 Å². The maximum atomic E-state index is 11.0. The van der Waals surface area contributed by atoms with Crippen molar-refractivity contribution in [3.05, 3.63) is 17.5 Å². The Morgan fingerprint density at radius 3 is 3.06 bits per heavy atom. The van der Waals surface area contributed by atoms with Crippen LogP contribution < -0.4 is 10.6 Å². The van der Waals surface area contributed by atoms with E-state index in [2.05, 4.69) is 15.7 Å². The predicted octanol–water partition coefficient (Wildman–Crippen LogP) is 0.0967. The lowest BCUT2D eigenvalue weighted by Crippen LogP contribution is -2.45. The summed E-state index contributed by atoms with van der Waals surface area (Å²) in [7, 11) is 1.93. The number of hydrogen-bond donors (Lipinski definition) is 2. The summed E-state index contributed by atoms with van der Waals surface area (Å²) in [4.78, 5) is 11.0. The molecule has 88 valence electrons. The molecule has 1 aliphatic rings. The zero-order chi connectivity index (χ0) is 11.5. The standard InChI is InChI=1S/C11H18N4O/c1-8-9(7-15(2)14-8)5-12-10-3-4-11(16)13-6-10/h7,10,12H,3-6H2,1-2H3,(H,13,16). The van der Waals surface area contributed by atoms with Crippen LogP contribution in [0.15, 0.2) is 6.20 Å². The van der Waals surface area contributed by atoms with Crippen LogP contribution in [-0.2, 0) is 18.4 Å². The molecule has 0 saturated carbocycles. The Labute approximate surface area is 95.2 Å². The quantitative estimate of drug-likeness (QED) is 0.762. The van der Waals surface area contributed by atoms with Gasteiger partial charge in [-0.15, -0.1) is 0 Å². The van der Waals surface area contributed by atoms with E-state index in [-0.39, 0.29) is 5.91 Å². The molecule has 1 aromatic heterocycles. The third-order valence-corrected chi connectivity index (χ3v) is 2.96. The lowest BCUT2D eigenvalue weighted by molar-refractivity contribution is -0.122. The third kappa shape index (κ3) is 2.61. The molecule has 0 radical (unpaired) electrons. The van der Waals surface area contributed by atoms with E-state index < -0.39 is 0 Å². The largest absolute Gasteiger partial charge is 0.355 e. The molecular formula is C11H18N4O. The summed E-state index contributed by atoms with van der Waals surface area (Å²) in [6, 6.07) is 0.386. The number of aryl methyl sites for hydroxylation is 2. The minimum absolute atomic E-state index is 0.163. The molecule has 1 unspecified atom stereocenters. The highest BCUT2D eigenvalue weighted by molar-refractivity contribution is 5.76. The Balaban J connectivity index is 1.83. The van der Waals surface area contributed by atoms with E-state index in [1.54, 1.807) is 0 Å². The fourth-order valence-electron chi connectivity index (χ4n) is 1.98. The molecule has 2 N–H and O–H groups in total. The molecule has 2 rings (SSSR count). The molecule has 1 fully saturated rings. The van der Waals surface area contributed by atoms with E-state index in [0.717, 1.165) is 25.2 Å². The van der Waals surface area contributed by atoms with Crippen LogP contribution in [-0.4, -0.2) is 28.3 Å². The van der Waals surface area contributed by atoms with Crippen molar-refractivity contribution in [2.24, 2.45) is 7.05 Å². The molecule has 0 aliphatic carbocycles. The van der Waals surface area contributed by atoms with Crippen molar-refractivity contribution >= 4 is 5.91 Å². The number of nitrogens with zero attached hydrogens (tertiary/aromatic N) is 2. The highest BCUT2D eigenvalue weighted by atomic mass is 16.1. The van der Waals surface area contributed by atoms with Gasteiger partial charge in [0.1, 0.15) is 0 Å². The van der Waals surface area contributed by atoms with Crippen LogP contribution in [0, 0.1) is 6.92 Å². The molecule has 0 aromatic carbocycles. The summed E-state index contributed by atoms with van der Waals surface area (Å²) < 4.78 is 1.83. The van der Waals surface area contributed by atoms with Crippen LogP contribution in [0.25, 0.3) is 0 Å². The van der Waals surface area contributed by atoms with Gasteiger partial charge < -0.3 is 10.6 Å². The lowest BCUT2D eigenvalue weighted by atomic mass is 10.1. The van der Waals surface area contributed by atoms with Gasteiger partial charge in [0.05, 0.1) is 5.69 Å². The maximum absolute atomic E-state index is 11.0. The summed E-state index contributed by atoms with van der Waals surface area (Å²) >= 11 is 0. The number of carbonyl (C=O) groups excluding carboxylic acids is 1. The van der Waals surface area contributed by atoms with Crippen LogP contribution in [0.1, 0.15) is 24.1 Å². The van der Waals surface area contributed by atoms with Gasteiger partial charge in [-0.2, -0.15) is 5.10 Å². The Bertz CT molecular complexity index is 375. The minimum Gasteiger partial charge on any atom is -0.355 e. The average molecular weight is 222 g/mol. The zero-order valence-electron chi connectivity index (χ0n) is 9.79. The summed E-state index contributed by atoms with van der Waals surface area (Å²) in [5.41, 5.74) is 2.29. The molecule has 2 heterocycles. The van der Waals surface area contributed by atoms with Crippen LogP contribution in [0.4, 0.5) is 0 Å². The van der Waals surface area contributed by atoms with Crippen molar-refractivity contribution in [2.45, 2.75) is 32.4 Å². The Morgan fingerprint density at radius 1 is 1.69 bits per heavy atom. The van der Waals surface area contributed by atoms with Crippen molar-refractivity contribution in [1.82, 2.24) is 20.4 Å². The molecule has 1 saturated heterocycles.